The molecule has 5 heteroatoms. The van der Waals surface area contributed by atoms with Gasteiger partial charge in [-0.3, -0.25) is 4.31 Å². The lowest BCUT2D eigenvalue weighted by Crippen LogP contribution is -2.48. The summed E-state index contributed by atoms with van der Waals surface area (Å²) in [6.07, 6.45) is 0.864. The Morgan fingerprint density at radius 1 is 1.18 bits per heavy atom. The standard InChI is InChI=1S/C12H18N2O2S/c1-10-6-4-7-12(11(10)2)14-9-5-8-13(3)17(14,15)16/h4,6-7H,5,8-9H2,1-3H3. The van der Waals surface area contributed by atoms with E-state index in [9.17, 15) is 8.42 Å². The molecule has 17 heavy (non-hydrogen) atoms. The Labute approximate surface area is 103 Å². The van der Waals surface area contributed by atoms with Crippen molar-refractivity contribution in [3.63, 3.8) is 0 Å². The highest BCUT2D eigenvalue weighted by atomic mass is 32.2. The van der Waals surface area contributed by atoms with Crippen molar-refractivity contribution in [1.29, 1.82) is 0 Å². The summed E-state index contributed by atoms with van der Waals surface area (Å²) in [5.74, 6) is 0. The molecule has 2 rings (SSSR count). The molecule has 0 radical (unpaired) electrons. The van der Waals surface area contributed by atoms with Gasteiger partial charge in [0.2, 0.25) is 0 Å². The molecule has 1 fully saturated rings. The fourth-order valence-electron chi connectivity index (χ4n) is 2.09. The molecule has 1 heterocycles. The van der Waals surface area contributed by atoms with Crippen LogP contribution in [0.4, 0.5) is 5.69 Å². The van der Waals surface area contributed by atoms with Gasteiger partial charge in [-0.05, 0) is 37.5 Å². The summed E-state index contributed by atoms with van der Waals surface area (Å²) in [7, 11) is -1.70. The van der Waals surface area contributed by atoms with Crippen molar-refractivity contribution < 1.29 is 8.42 Å². The number of benzene rings is 1. The number of hydrogen-bond donors (Lipinski definition) is 0. The second-order valence-corrected chi connectivity index (χ2v) is 6.43. The van der Waals surface area contributed by atoms with Gasteiger partial charge < -0.3 is 0 Å². The summed E-state index contributed by atoms with van der Waals surface area (Å²) in [6, 6.07) is 5.78. The summed E-state index contributed by atoms with van der Waals surface area (Å²) in [5.41, 5.74) is 2.95. The zero-order valence-electron chi connectivity index (χ0n) is 10.5. The number of aryl methyl sites for hydroxylation is 1. The van der Waals surface area contributed by atoms with E-state index in [1.54, 1.807) is 7.05 Å². The van der Waals surface area contributed by atoms with Gasteiger partial charge in [-0.1, -0.05) is 12.1 Å². The lowest BCUT2D eigenvalue weighted by atomic mass is 10.1. The van der Waals surface area contributed by atoms with Gasteiger partial charge >= 0.3 is 10.2 Å². The molecule has 0 amide bonds. The van der Waals surface area contributed by atoms with Crippen LogP contribution in [0.3, 0.4) is 0 Å². The van der Waals surface area contributed by atoms with E-state index in [0.29, 0.717) is 13.1 Å². The summed E-state index contributed by atoms with van der Waals surface area (Å²) in [6.45, 7) is 5.13. The van der Waals surface area contributed by atoms with Gasteiger partial charge in [0.1, 0.15) is 0 Å². The number of rotatable bonds is 1. The molecule has 1 aliphatic rings. The molecule has 4 nitrogen and oxygen atoms in total. The van der Waals surface area contributed by atoms with Crippen LogP contribution in [0.5, 0.6) is 0 Å². The van der Waals surface area contributed by atoms with Crippen molar-refractivity contribution in [1.82, 2.24) is 4.31 Å². The first kappa shape index (κ1) is 12.4. The van der Waals surface area contributed by atoms with Crippen molar-refractivity contribution >= 4 is 15.9 Å². The van der Waals surface area contributed by atoms with E-state index in [1.807, 2.05) is 32.0 Å². The monoisotopic (exact) mass is 254 g/mol. The minimum atomic E-state index is -3.33. The Bertz CT molecular complexity index is 525. The van der Waals surface area contributed by atoms with Gasteiger partial charge in [-0.25, -0.2) is 0 Å². The summed E-state index contributed by atoms with van der Waals surface area (Å²) in [4.78, 5) is 0. The quantitative estimate of drug-likeness (QED) is 0.765. The van der Waals surface area contributed by atoms with Crippen molar-refractivity contribution in [2.75, 3.05) is 24.4 Å². The van der Waals surface area contributed by atoms with Crippen LogP contribution in [-0.2, 0) is 10.2 Å². The lowest BCUT2D eigenvalue weighted by molar-refractivity contribution is 0.438. The zero-order chi connectivity index (χ0) is 12.6. The first-order valence-corrected chi connectivity index (χ1v) is 7.14. The average Bonchev–Trinajstić information content (AvgIpc) is 2.27. The van der Waals surface area contributed by atoms with E-state index < -0.39 is 10.2 Å². The molecule has 1 aliphatic heterocycles. The van der Waals surface area contributed by atoms with Gasteiger partial charge in [-0.2, -0.15) is 12.7 Å². The highest BCUT2D eigenvalue weighted by Gasteiger charge is 2.31. The molecule has 0 atom stereocenters. The predicted molar refractivity (Wildman–Crippen MR) is 69.4 cm³/mol. The van der Waals surface area contributed by atoms with Crippen molar-refractivity contribution in [2.45, 2.75) is 20.3 Å². The first-order chi connectivity index (χ1) is 7.94. The van der Waals surface area contributed by atoms with Crippen LogP contribution in [0.1, 0.15) is 17.5 Å². The van der Waals surface area contributed by atoms with Crippen LogP contribution in [0.2, 0.25) is 0 Å². The minimum Gasteiger partial charge on any atom is -0.257 e. The Morgan fingerprint density at radius 2 is 1.88 bits per heavy atom. The van der Waals surface area contributed by atoms with E-state index in [2.05, 4.69) is 0 Å². The normalized spacial score (nSPS) is 20.5. The predicted octanol–water partition coefficient (Wildman–Crippen LogP) is 1.69. The lowest BCUT2D eigenvalue weighted by Gasteiger charge is -2.34. The van der Waals surface area contributed by atoms with E-state index in [4.69, 9.17) is 0 Å². The van der Waals surface area contributed by atoms with E-state index >= 15 is 0 Å². The zero-order valence-corrected chi connectivity index (χ0v) is 11.3. The minimum absolute atomic E-state index is 0.566. The van der Waals surface area contributed by atoms with Crippen LogP contribution in [0.25, 0.3) is 0 Å². The Kier molecular flexibility index (Phi) is 3.14. The molecule has 94 valence electrons. The largest absolute Gasteiger partial charge is 0.303 e. The Balaban J connectivity index is 2.49. The molecule has 0 N–H and O–H groups in total. The third kappa shape index (κ3) is 2.05. The molecule has 0 spiro atoms. The van der Waals surface area contributed by atoms with Crippen molar-refractivity contribution in [3.8, 4) is 0 Å². The van der Waals surface area contributed by atoms with Gasteiger partial charge in [0.05, 0.1) is 5.69 Å². The second kappa shape index (κ2) is 4.31. The van der Waals surface area contributed by atoms with Crippen LogP contribution in [0.15, 0.2) is 18.2 Å². The molecule has 0 saturated carbocycles. The molecule has 1 aromatic carbocycles. The highest BCUT2D eigenvalue weighted by Crippen LogP contribution is 2.28. The maximum absolute atomic E-state index is 12.2. The van der Waals surface area contributed by atoms with E-state index in [1.165, 1.54) is 8.61 Å². The fraction of sp³-hybridized carbons (Fsp3) is 0.500. The highest BCUT2D eigenvalue weighted by molar-refractivity contribution is 7.90. The molecular weight excluding hydrogens is 236 g/mol. The van der Waals surface area contributed by atoms with Crippen molar-refractivity contribution in [3.05, 3.63) is 29.3 Å². The average molecular weight is 254 g/mol. The van der Waals surface area contributed by atoms with Crippen LogP contribution in [0, 0.1) is 13.8 Å². The maximum atomic E-state index is 12.2. The van der Waals surface area contributed by atoms with Gasteiger partial charge in [-0.15, -0.1) is 0 Å². The Morgan fingerprint density at radius 3 is 2.59 bits per heavy atom. The third-order valence-electron chi connectivity index (χ3n) is 3.35. The smallest absolute Gasteiger partial charge is 0.257 e. The molecule has 1 aromatic rings. The molecular formula is C12H18N2O2S. The third-order valence-corrected chi connectivity index (χ3v) is 5.26. The van der Waals surface area contributed by atoms with Crippen LogP contribution < -0.4 is 4.31 Å². The Hall–Kier alpha value is -1.07. The van der Waals surface area contributed by atoms with E-state index in [-0.39, 0.29) is 0 Å². The fourth-order valence-corrected chi connectivity index (χ4v) is 3.59. The summed E-state index contributed by atoms with van der Waals surface area (Å²) in [5, 5.41) is 0. The topological polar surface area (TPSA) is 40.6 Å². The van der Waals surface area contributed by atoms with Gasteiger partial charge in [0.15, 0.2) is 0 Å². The second-order valence-electron chi connectivity index (χ2n) is 4.47. The van der Waals surface area contributed by atoms with E-state index in [0.717, 1.165) is 23.2 Å². The summed E-state index contributed by atoms with van der Waals surface area (Å²) >= 11 is 0. The first-order valence-electron chi connectivity index (χ1n) is 5.75. The molecule has 0 bridgehead atoms. The number of nitrogens with zero attached hydrogens (tertiary/aromatic N) is 2. The molecule has 1 saturated heterocycles. The summed E-state index contributed by atoms with van der Waals surface area (Å²) < 4.78 is 27.4. The van der Waals surface area contributed by atoms with Crippen molar-refractivity contribution in [2.24, 2.45) is 0 Å². The molecule has 0 aliphatic carbocycles. The van der Waals surface area contributed by atoms with Crippen LogP contribution >= 0.6 is 0 Å². The number of anilines is 1. The SMILES string of the molecule is Cc1cccc(N2CCCN(C)S2(=O)=O)c1C. The van der Waals surface area contributed by atoms with Gasteiger partial charge in [0, 0.05) is 20.1 Å². The number of hydrogen-bond acceptors (Lipinski definition) is 2. The van der Waals surface area contributed by atoms with Gasteiger partial charge in [0.25, 0.3) is 0 Å². The molecule has 0 aromatic heterocycles. The molecule has 0 unspecified atom stereocenters. The van der Waals surface area contributed by atoms with Crippen LogP contribution in [-0.4, -0.2) is 32.9 Å². The maximum Gasteiger partial charge on any atom is 0.303 e.